The Labute approximate surface area is 226 Å². The van der Waals surface area contributed by atoms with Crippen LogP contribution in [-0.2, 0) is 4.79 Å². The molecule has 1 atom stereocenters. The topological polar surface area (TPSA) is 98.0 Å². The highest BCUT2D eigenvalue weighted by atomic mass is 32.2. The maximum Gasteiger partial charge on any atom is 0.323 e. The maximum absolute atomic E-state index is 12.9. The van der Waals surface area contributed by atoms with Crippen LogP contribution in [0.5, 0.6) is 11.5 Å². The SMILES string of the molecule is CC1=C(C(=O)N(C)C2CCN(c3ccc(NC(=O)Nc4ccc(Oc5ccccc5)cc4)cc3)C2)SNN1. The van der Waals surface area contributed by atoms with Gasteiger partial charge in [-0.15, -0.1) is 0 Å². The number of rotatable bonds is 7. The summed E-state index contributed by atoms with van der Waals surface area (Å²) in [5.41, 5.74) is 6.23. The molecular weight excluding hydrogens is 500 g/mol. The number of nitrogens with one attached hydrogen (secondary N) is 4. The predicted molar refractivity (Wildman–Crippen MR) is 152 cm³/mol. The number of likely N-dealkylation sites (N-methyl/N-ethyl adjacent to an activating group) is 1. The van der Waals surface area contributed by atoms with Crippen molar-refractivity contribution in [2.75, 3.05) is 35.7 Å². The highest BCUT2D eigenvalue weighted by Crippen LogP contribution is 2.28. The molecule has 0 radical (unpaired) electrons. The van der Waals surface area contributed by atoms with Crippen LogP contribution in [0.3, 0.4) is 0 Å². The summed E-state index contributed by atoms with van der Waals surface area (Å²) in [5, 5.41) is 5.71. The van der Waals surface area contributed by atoms with E-state index in [2.05, 4.69) is 25.8 Å². The molecule has 9 nitrogen and oxygen atoms in total. The number of carbonyl (C=O) groups is 2. The molecule has 1 unspecified atom stereocenters. The first-order valence-electron chi connectivity index (χ1n) is 12.4. The minimum absolute atomic E-state index is 0.0285. The van der Waals surface area contributed by atoms with Gasteiger partial charge >= 0.3 is 6.03 Å². The van der Waals surface area contributed by atoms with Crippen LogP contribution in [0, 0.1) is 0 Å². The van der Waals surface area contributed by atoms with Gasteiger partial charge in [0.2, 0.25) is 0 Å². The molecule has 38 heavy (non-hydrogen) atoms. The van der Waals surface area contributed by atoms with Crippen molar-refractivity contribution in [3.63, 3.8) is 0 Å². The van der Waals surface area contributed by atoms with Crippen molar-refractivity contribution in [2.45, 2.75) is 19.4 Å². The van der Waals surface area contributed by atoms with Crippen LogP contribution in [0.1, 0.15) is 13.3 Å². The van der Waals surface area contributed by atoms with E-state index < -0.39 is 0 Å². The van der Waals surface area contributed by atoms with Gasteiger partial charge in [0.15, 0.2) is 0 Å². The highest BCUT2D eigenvalue weighted by molar-refractivity contribution is 8.02. The van der Waals surface area contributed by atoms with Crippen LogP contribution in [0.15, 0.2) is 89.5 Å². The number of benzene rings is 3. The van der Waals surface area contributed by atoms with Gasteiger partial charge in [-0.2, -0.15) is 4.83 Å². The van der Waals surface area contributed by atoms with Crippen molar-refractivity contribution >= 4 is 40.9 Å². The van der Waals surface area contributed by atoms with Gasteiger partial charge in [-0.05, 0) is 86.0 Å². The van der Waals surface area contributed by atoms with E-state index in [1.165, 1.54) is 11.9 Å². The number of hydrogen-bond donors (Lipinski definition) is 4. The second kappa shape index (κ2) is 11.5. The summed E-state index contributed by atoms with van der Waals surface area (Å²) in [4.78, 5) is 33.1. The van der Waals surface area contributed by atoms with E-state index >= 15 is 0 Å². The zero-order chi connectivity index (χ0) is 26.5. The molecular formula is C28H30N6O3S. The number of amides is 3. The molecule has 0 aliphatic carbocycles. The lowest BCUT2D eigenvalue weighted by atomic mass is 10.2. The van der Waals surface area contributed by atoms with E-state index in [0.29, 0.717) is 22.0 Å². The van der Waals surface area contributed by atoms with Gasteiger partial charge in [0.1, 0.15) is 16.4 Å². The first-order valence-corrected chi connectivity index (χ1v) is 13.2. The Morgan fingerprint density at radius 1 is 0.947 bits per heavy atom. The summed E-state index contributed by atoms with van der Waals surface area (Å²) in [6.07, 6.45) is 0.900. The molecule has 2 aliphatic heterocycles. The van der Waals surface area contributed by atoms with Gasteiger partial charge < -0.3 is 30.6 Å². The lowest BCUT2D eigenvalue weighted by molar-refractivity contribution is -0.126. The van der Waals surface area contributed by atoms with Gasteiger partial charge in [-0.3, -0.25) is 4.79 Å². The molecule has 0 saturated carbocycles. The summed E-state index contributed by atoms with van der Waals surface area (Å²) < 4.78 is 5.79. The average molecular weight is 531 g/mol. The number of anilines is 3. The Bertz CT molecular complexity index is 1310. The maximum atomic E-state index is 12.9. The number of hydrogen-bond acceptors (Lipinski definition) is 7. The van der Waals surface area contributed by atoms with Gasteiger partial charge in [0.05, 0.1) is 6.04 Å². The third-order valence-electron chi connectivity index (χ3n) is 6.54. The summed E-state index contributed by atoms with van der Waals surface area (Å²) in [7, 11) is 1.87. The molecule has 3 aromatic carbocycles. The summed E-state index contributed by atoms with van der Waals surface area (Å²) >= 11 is 1.32. The summed E-state index contributed by atoms with van der Waals surface area (Å²) in [6, 6.07) is 24.3. The minimum atomic E-state index is -0.325. The van der Waals surface area contributed by atoms with Crippen LogP contribution in [0.2, 0.25) is 0 Å². The minimum Gasteiger partial charge on any atom is -0.457 e. The van der Waals surface area contributed by atoms with Crippen molar-refractivity contribution < 1.29 is 14.3 Å². The standard InChI is InChI=1S/C28H30N6O3S/c1-19-26(38-32-31-19)27(35)33(2)23-16-17-34(18-23)22-12-8-20(9-13-22)29-28(36)30-21-10-14-25(15-11-21)37-24-6-4-3-5-7-24/h3-15,23,31-32H,16-18H2,1-2H3,(H2,29,30,36). The number of hydrazine groups is 1. The highest BCUT2D eigenvalue weighted by Gasteiger charge is 2.31. The number of para-hydroxylation sites is 1. The van der Waals surface area contributed by atoms with Gasteiger partial charge in [-0.1, -0.05) is 18.2 Å². The Morgan fingerprint density at radius 3 is 2.21 bits per heavy atom. The second-order valence-corrected chi connectivity index (χ2v) is 9.97. The fraction of sp³-hybridized carbons (Fsp3) is 0.214. The molecule has 2 aliphatic rings. The van der Waals surface area contributed by atoms with Gasteiger partial charge in [-0.25, -0.2) is 4.79 Å². The molecule has 1 fully saturated rings. The van der Waals surface area contributed by atoms with E-state index in [0.717, 1.165) is 36.6 Å². The number of ether oxygens (including phenoxy) is 1. The van der Waals surface area contributed by atoms with Crippen molar-refractivity contribution in [1.29, 1.82) is 0 Å². The van der Waals surface area contributed by atoms with E-state index in [1.807, 2.05) is 85.6 Å². The van der Waals surface area contributed by atoms with Crippen LogP contribution in [0.25, 0.3) is 0 Å². The lowest BCUT2D eigenvalue weighted by Gasteiger charge is -2.26. The predicted octanol–water partition coefficient (Wildman–Crippen LogP) is 5.15. The van der Waals surface area contributed by atoms with Crippen LogP contribution in [-0.4, -0.2) is 43.0 Å². The largest absolute Gasteiger partial charge is 0.457 e. The van der Waals surface area contributed by atoms with Crippen LogP contribution < -0.4 is 30.5 Å². The molecule has 0 spiro atoms. The second-order valence-electron chi connectivity index (χ2n) is 9.15. The molecule has 196 valence electrons. The molecule has 3 amide bonds. The number of nitrogens with zero attached hydrogens (tertiary/aromatic N) is 2. The Morgan fingerprint density at radius 2 is 1.58 bits per heavy atom. The normalized spacial score (nSPS) is 16.7. The Balaban J connectivity index is 1.11. The number of urea groups is 1. The lowest BCUT2D eigenvalue weighted by Crippen LogP contribution is -2.39. The van der Waals surface area contributed by atoms with E-state index in [9.17, 15) is 9.59 Å². The van der Waals surface area contributed by atoms with Crippen molar-refractivity contribution in [1.82, 2.24) is 15.2 Å². The summed E-state index contributed by atoms with van der Waals surface area (Å²) in [5.74, 6) is 1.47. The average Bonchev–Trinajstić information content (AvgIpc) is 3.59. The van der Waals surface area contributed by atoms with E-state index in [4.69, 9.17) is 4.74 Å². The van der Waals surface area contributed by atoms with E-state index in [-0.39, 0.29) is 18.0 Å². The monoisotopic (exact) mass is 530 g/mol. The molecule has 3 aromatic rings. The Kier molecular flexibility index (Phi) is 7.71. The first-order chi connectivity index (χ1) is 18.5. The summed E-state index contributed by atoms with van der Waals surface area (Å²) in [6.45, 7) is 3.52. The molecule has 10 heteroatoms. The number of carbonyl (C=O) groups excluding carboxylic acids is 2. The fourth-order valence-electron chi connectivity index (χ4n) is 4.39. The van der Waals surface area contributed by atoms with Crippen molar-refractivity contribution in [2.24, 2.45) is 0 Å². The van der Waals surface area contributed by atoms with Gasteiger partial charge in [0, 0.05) is 42.9 Å². The van der Waals surface area contributed by atoms with Gasteiger partial charge in [0.25, 0.3) is 5.91 Å². The first kappa shape index (κ1) is 25.5. The van der Waals surface area contributed by atoms with E-state index in [1.54, 1.807) is 12.1 Å². The van der Waals surface area contributed by atoms with Crippen molar-refractivity contribution in [3.8, 4) is 11.5 Å². The number of allylic oxidation sites excluding steroid dienone is 1. The molecule has 5 rings (SSSR count). The van der Waals surface area contributed by atoms with Crippen LogP contribution >= 0.6 is 11.9 Å². The smallest absolute Gasteiger partial charge is 0.323 e. The van der Waals surface area contributed by atoms with Crippen molar-refractivity contribution in [3.05, 3.63) is 89.5 Å². The molecule has 0 aromatic heterocycles. The molecule has 1 saturated heterocycles. The third kappa shape index (κ3) is 6.04. The Hall–Kier alpha value is -4.15. The fourth-order valence-corrected chi connectivity index (χ4v) is 5.13. The molecule has 0 bridgehead atoms. The van der Waals surface area contributed by atoms with Crippen LogP contribution in [0.4, 0.5) is 21.9 Å². The third-order valence-corrected chi connectivity index (χ3v) is 7.43. The molecule has 4 N–H and O–H groups in total. The quantitative estimate of drug-likeness (QED) is 0.314. The molecule has 2 heterocycles. The zero-order valence-electron chi connectivity index (χ0n) is 21.2. The zero-order valence-corrected chi connectivity index (χ0v) is 22.0.